The summed E-state index contributed by atoms with van der Waals surface area (Å²) in [5.74, 6) is -1.82. The van der Waals surface area contributed by atoms with Crippen LogP contribution in [0.15, 0.2) is 42.5 Å². The highest BCUT2D eigenvalue weighted by Gasteiger charge is 2.27. The number of rotatable bonds is 8. The molecule has 9 nitrogen and oxygen atoms in total. The molecule has 2 N–H and O–H groups in total. The van der Waals surface area contributed by atoms with E-state index in [4.69, 9.17) is 4.74 Å². The number of imidazole rings is 1. The molecule has 168 valence electrons. The van der Waals surface area contributed by atoms with E-state index < -0.39 is 41.2 Å². The van der Waals surface area contributed by atoms with Gasteiger partial charge in [0.05, 0.1) is 40.1 Å². The first kappa shape index (κ1) is 22.8. The number of halogens is 2. The molecule has 3 rings (SSSR count). The zero-order chi connectivity index (χ0) is 23.4. The fraction of sp³-hybridized carbons (Fsp3) is 0.286. The van der Waals surface area contributed by atoms with Gasteiger partial charge in [-0.1, -0.05) is 18.2 Å². The summed E-state index contributed by atoms with van der Waals surface area (Å²) in [4.78, 5) is 42.2. The van der Waals surface area contributed by atoms with Crippen molar-refractivity contribution in [2.45, 2.75) is 38.8 Å². The smallest absolute Gasteiger partial charge is 0.308 e. The van der Waals surface area contributed by atoms with Crippen molar-refractivity contribution in [3.8, 4) is 0 Å². The van der Waals surface area contributed by atoms with E-state index in [1.807, 2.05) is 0 Å². The van der Waals surface area contributed by atoms with Crippen molar-refractivity contribution in [3.05, 3.63) is 69.5 Å². The number of aromatic nitrogens is 2. The molecular weight excluding hydrogens is 426 g/mol. The molecule has 1 atom stereocenters. The van der Waals surface area contributed by atoms with Gasteiger partial charge in [-0.2, -0.15) is 0 Å². The van der Waals surface area contributed by atoms with Gasteiger partial charge < -0.3 is 15.0 Å². The van der Waals surface area contributed by atoms with Crippen molar-refractivity contribution >= 4 is 28.6 Å². The Balaban J connectivity index is 1.91. The summed E-state index contributed by atoms with van der Waals surface area (Å²) in [6.07, 6.45) is -3.54. The lowest BCUT2D eigenvalue weighted by molar-refractivity contribution is -0.385. The number of esters is 1. The molecule has 0 aliphatic rings. The number of fused-ring (bicyclic) bond motifs is 1. The predicted octanol–water partition coefficient (Wildman–Crippen LogP) is 4.22. The SMILES string of the molecule is CC(C)OC(=O)CC(NC(=O)c1ccc2nc(C(F)F)[nH]c2c1)c1ccccc1[N+](=O)[O-]. The van der Waals surface area contributed by atoms with Crippen molar-refractivity contribution in [2.24, 2.45) is 0 Å². The normalized spacial score (nSPS) is 12.2. The number of nitro groups is 1. The van der Waals surface area contributed by atoms with E-state index in [1.54, 1.807) is 19.9 Å². The summed E-state index contributed by atoms with van der Waals surface area (Å²) in [7, 11) is 0. The first-order chi connectivity index (χ1) is 15.2. The molecule has 0 aliphatic heterocycles. The zero-order valence-corrected chi connectivity index (χ0v) is 17.2. The fourth-order valence-electron chi connectivity index (χ4n) is 3.18. The third kappa shape index (κ3) is 5.23. The van der Waals surface area contributed by atoms with Crippen LogP contribution < -0.4 is 5.32 Å². The van der Waals surface area contributed by atoms with Gasteiger partial charge in [0.1, 0.15) is 0 Å². The van der Waals surface area contributed by atoms with Crippen LogP contribution in [0.4, 0.5) is 14.5 Å². The Morgan fingerprint density at radius 1 is 1.22 bits per heavy atom. The Morgan fingerprint density at radius 2 is 1.94 bits per heavy atom. The average molecular weight is 446 g/mol. The van der Waals surface area contributed by atoms with Gasteiger partial charge in [0, 0.05) is 11.6 Å². The number of nitrogens with zero attached hydrogens (tertiary/aromatic N) is 2. The second kappa shape index (κ2) is 9.50. The molecule has 0 bridgehead atoms. The van der Waals surface area contributed by atoms with Crippen LogP contribution in [-0.4, -0.2) is 32.9 Å². The number of hydrogen-bond acceptors (Lipinski definition) is 6. The number of H-pyrrole nitrogens is 1. The molecule has 0 saturated carbocycles. The molecule has 0 saturated heterocycles. The van der Waals surface area contributed by atoms with Crippen LogP contribution in [0.3, 0.4) is 0 Å². The van der Waals surface area contributed by atoms with E-state index in [0.29, 0.717) is 0 Å². The van der Waals surface area contributed by atoms with Gasteiger partial charge in [-0.15, -0.1) is 0 Å². The average Bonchev–Trinajstić information content (AvgIpc) is 3.16. The van der Waals surface area contributed by atoms with Gasteiger partial charge in [0.15, 0.2) is 5.82 Å². The van der Waals surface area contributed by atoms with E-state index in [-0.39, 0.29) is 34.3 Å². The van der Waals surface area contributed by atoms with E-state index in [2.05, 4.69) is 15.3 Å². The maximum Gasteiger partial charge on any atom is 0.308 e. The van der Waals surface area contributed by atoms with Crippen molar-refractivity contribution in [1.82, 2.24) is 15.3 Å². The Morgan fingerprint density at radius 3 is 2.59 bits per heavy atom. The maximum absolute atomic E-state index is 12.9. The summed E-state index contributed by atoms with van der Waals surface area (Å²) >= 11 is 0. The minimum Gasteiger partial charge on any atom is -0.463 e. The Hall–Kier alpha value is -3.89. The standard InChI is InChI=1S/C21H20F2N4O5/c1-11(2)32-18(28)10-15(13-5-3-4-6-17(13)27(30)31)26-21(29)12-7-8-14-16(9-12)25-20(24-14)19(22)23/h3-9,11,15,19H,10H2,1-2H3,(H,24,25)(H,26,29). The van der Waals surface area contributed by atoms with Gasteiger partial charge in [-0.05, 0) is 32.0 Å². The highest BCUT2D eigenvalue weighted by molar-refractivity contribution is 5.97. The molecule has 3 aromatic rings. The first-order valence-electron chi connectivity index (χ1n) is 9.67. The van der Waals surface area contributed by atoms with Crippen LogP contribution in [0.1, 0.15) is 54.5 Å². The lowest BCUT2D eigenvalue weighted by Crippen LogP contribution is -2.31. The Labute approximate surface area is 180 Å². The van der Waals surface area contributed by atoms with Crippen molar-refractivity contribution in [1.29, 1.82) is 0 Å². The molecule has 2 aromatic carbocycles. The molecule has 1 heterocycles. The third-order valence-electron chi connectivity index (χ3n) is 4.52. The highest BCUT2D eigenvalue weighted by Crippen LogP contribution is 2.28. The number of hydrogen-bond donors (Lipinski definition) is 2. The van der Waals surface area contributed by atoms with E-state index >= 15 is 0 Å². The number of carbonyl (C=O) groups is 2. The first-order valence-corrected chi connectivity index (χ1v) is 9.67. The molecule has 32 heavy (non-hydrogen) atoms. The molecular formula is C21H20F2N4O5. The predicted molar refractivity (Wildman–Crippen MR) is 110 cm³/mol. The van der Waals surface area contributed by atoms with Gasteiger partial charge in [-0.25, -0.2) is 13.8 Å². The fourth-order valence-corrected chi connectivity index (χ4v) is 3.18. The molecule has 1 aromatic heterocycles. The quantitative estimate of drug-likeness (QED) is 0.303. The minimum atomic E-state index is -2.80. The topological polar surface area (TPSA) is 127 Å². The second-order valence-corrected chi connectivity index (χ2v) is 7.24. The minimum absolute atomic E-state index is 0.0998. The van der Waals surface area contributed by atoms with Gasteiger partial charge in [0.2, 0.25) is 0 Å². The number of nitrogens with one attached hydrogen (secondary N) is 2. The number of alkyl halides is 2. The maximum atomic E-state index is 12.9. The van der Waals surface area contributed by atoms with E-state index in [1.165, 1.54) is 36.4 Å². The van der Waals surface area contributed by atoms with Crippen LogP contribution >= 0.6 is 0 Å². The summed E-state index contributed by atoms with van der Waals surface area (Å²) < 4.78 is 30.9. The zero-order valence-electron chi connectivity index (χ0n) is 17.2. The summed E-state index contributed by atoms with van der Waals surface area (Å²) in [5, 5.41) is 14.1. The lowest BCUT2D eigenvalue weighted by atomic mass is 10.0. The Bertz CT molecular complexity index is 1160. The van der Waals surface area contributed by atoms with Crippen LogP contribution in [0.25, 0.3) is 11.0 Å². The molecule has 0 spiro atoms. The number of carbonyl (C=O) groups excluding carboxylic acids is 2. The largest absolute Gasteiger partial charge is 0.463 e. The highest BCUT2D eigenvalue weighted by atomic mass is 19.3. The van der Waals surface area contributed by atoms with Crippen LogP contribution in [-0.2, 0) is 9.53 Å². The van der Waals surface area contributed by atoms with E-state index in [9.17, 15) is 28.5 Å². The number of aromatic amines is 1. The molecule has 1 amide bonds. The van der Waals surface area contributed by atoms with Crippen molar-refractivity contribution in [3.63, 3.8) is 0 Å². The van der Waals surface area contributed by atoms with Crippen LogP contribution in [0.5, 0.6) is 0 Å². The molecule has 11 heteroatoms. The number of para-hydroxylation sites is 1. The lowest BCUT2D eigenvalue weighted by Gasteiger charge is -2.19. The third-order valence-corrected chi connectivity index (χ3v) is 4.52. The molecule has 0 fully saturated rings. The van der Waals surface area contributed by atoms with Gasteiger partial charge in [-0.3, -0.25) is 19.7 Å². The molecule has 0 radical (unpaired) electrons. The van der Waals surface area contributed by atoms with Crippen LogP contribution in [0.2, 0.25) is 0 Å². The second-order valence-electron chi connectivity index (χ2n) is 7.24. The van der Waals surface area contributed by atoms with E-state index in [0.717, 1.165) is 0 Å². The van der Waals surface area contributed by atoms with Gasteiger partial charge in [0.25, 0.3) is 18.0 Å². The van der Waals surface area contributed by atoms with Crippen LogP contribution in [0, 0.1) is 10.1 Å². The Kier molecular flexibility index (Phi) is 6.76. The molecule has 1 unspecified atom stereocenters. The number of ether oxygens (including phenoxy) is 1. The number of nitro benzene ring substituents is 1. The molecule has 0 aliphatic carbocycles. The number of benzene rings is 2. The summed E-state index contributed by atoms with van der Waals surface area (Å²) in [6, 6.07) is 8.81. The summed E-state index contributed by atoms with van der Waals surface area (Å²) in [6.45, 7) is 3.31. The monoisotopic (exact) mass is 446 g/mol. The summed E-state index contributed by atoms with van der Waals surface area (Å²) in [5.41, 5.74) is 0.458. The van der Waals surface area contributed by atoms with Gasteiger partial charge >= 0.3 is 5.97 Å². The van der Waals surface area contributed by atoms with Crippen molar-refractivity contribution in [2.75, 3.05) is 0 Å². The van der Waals surface area contributed by atoms with Crippen molar-refractivity contribution < 1.29 is 28.0 Å². The number of amides is 1.